The van der Waals surface area contributed by atoms with Crippen LogP contribution in [0.5, 0.6) is 0 Å². The van der Waals surface area contributed by atoms with Gasteiger partial charge in [0.25, 0.3) is 0 Å². The minimum atomic E-state index is 0.495. The molecule has 1 nitrogen and oxygen atoms in total. The average Bonchev–Trinajstić information content (AvgIpc) is 2.29. The Morgan fingerprint density at radius 2 is 1.83 bits per heavy atom. The van der Waals surface area contributed by atoms with Crippen LogP contribution in [0.15, 0.2) is 0 Å². The van der Waals surface area contributed by atoms with Gasteiger partial charge in [-0.3, -0.25) is 0 Å². The molecule has 1 heteroatoms. The molecule has 0 radical (unpaired) electrons. The van der Waals surface area contributed by atoms with Crippen molar-refractivity contribution >= 4 is 0 Å². The first-order valence-electron chi connectivity index (χ1n) is 8.10. The lowest BCUT2D eigenvalue weighted by Crippen LogP contribution is -2.38. The highest BCUT2D eigenvalue weighted by Crippen LogP contribution is 2.44. The van der Waals surface area contributed by atoms with Crippen molar-refractivity contribution in [2.24, 2.45) is 23.2 Å². The van der Waals surface area contributed by atoms with Gasteiger partial charge in [-0.1, -0.05) is 41.0 Å². The van der Waals surface area contributed by atoms with E-state index in [4.69, 9.17) is 0 Å². The molecule has 0 spiro atoms. The van der Waals surface area contributed by atoms with Crippen molar-refractivity contribution in [2.45, 2.75) is 79.7 Å². The monoisotopic (exact) mass is 253 g/mol. The summed E-state index contributed by atoms with van der Waals surface area (Å²) in [5.74, 6) is 2.78. The van der Waals surface area contributed by atoms with Gasteiger partial charge in [-0.2, -0.15) is 0 Å². The molecule has 1 rings (SSSR count). The molecule has 1 fully saturated rings. The third kappa shape index (κ3) is 4.57. The molecule has 0 aromatic heterocycles. The Balaban J connectivity index is 2.47. The lowest BCUT2D eigenvalue weighted by Gasteiger charge is -2.43. The first-order valence-corrected chi connectivity index (χ1v) is 8.10. The van der Waals surface area contributed by atoms with Crippen molar-refractivity contribution in [1.82, 2.24) is 5.32 Å². The van der Waals surface area contributed by atoms with Gasteiger partial charge in [0, 0.05) is 6.04 Å². The van der Waals surface area contributed by atoms with Crippen LogP contribution in [0, 0.1) is 23.2 Å². The fourth-order valence-corrected chi connectivity index (χ4v) is 3.68. The van der Waals surface area contributed by atoms with Crippen molar-refractivity contribution < 1.29 is 0 Å². The van der Waals surface area contributed by atoms with Crippen molar-refractivity contribution in [2.75, 3.05) is 6.54 Å². The molecule has 0 aromatic carbocycles. The van der Waals surface area contributed by atoms with Crippen LogP contribution >= 0.6 is 0 Å². The van der Waals surface area contributed by atoms with E-state index in [-0.39, 0.29) is 0 Å². The Hall–Kier alpha value is -0.0400. The second kappa shape index (κ2) is 6.93. The molecule has 4 unspecified atom stereocenters. The fraction of sp³-hybridized carbons (Fsp3) is 1.00. The molecule has 0 saturated heterocycles. The van der Waals surface area contributed by atoms with Gasteiger partial charge in [0.2, 0.25) is 0 Å². The van der Waals surface area contributed by atoms with E-state index in [9.17, 15) is 0 Å². The van der Waals surface area contributed by atoms with Gasteiger partial charge < -0.3 is 5.32 Å². The molecular weight excluding hydrogens is 218 g/mol. The third-order valence-corrected chi connectivity index (χ3v) is 5.28. The Morgan fingerprint density at radius 3 is 2.39 bits per heavy atom. The van der Waals surface area contributed by atoms with Gasteiger partial charge in [0.05, 0.1) is 0 Å². The summed E-state index contributed by atoms with van der Waals surface area (Å²) >= 11 is 0. The van der Waals surface area contributed by atoms with Crippen LogP contribution in [-0.2, 0) is 0 Å². The maximum Gasteiger partial charge on any atom is 0.00439 e. The summed E-state index contributed by atoms with van der Waals surface area (Å²) in [6.45, 7) is 15.6. The lowest BCUT2D eigenvalue weighted by molar-refractivity contribution is 0.0851. The van der Waals surface area contributed by atoms with E-state index in [2.05, 4.69) is 46.9 Å². The largest absolute Gasteiger partial charge is 0.314 e. The van der Waals surface area contributed by atoms with Crippen LogP contribution in [0.2, 0.25) is 0 Å². The Kier molecular flexibility index (Phi) is 6.17. The summed E-state index contributed by atoms with van der Waals surface area (Å²) < 4.78 is 0. The van der Waals surface area contributed by atoms with E-state index < -0.39 is 0 Å². The molecule has 0 aromatic rings. The smallest absolute Gasteiger partial charge is 0.00439 e. The highest BCUT2D eigenvalue weighted by Gasteiger charge is 2.35. The molecule has 1 N–H and O–H groups in total. The minimum absolute atomic E-state index is 0.495. The summed E-state index contributed by atoms with van der Waals surface area (Å²) in [5, 5.41) is 3.65. The highest BCUT2D eigenvalue weighted by molar-refractivity contribution is 4.87. The van der Waals surface area contributed by atoms with Crippen LogP contribution in [0.1, 0.15) is 73.6 Å². The van der Waals surface area contributed by atoms with Gasteiger partial charge in [0.1, 0.15) is 0 Å². The van der Waals surface area contributed by atoms with E-state index in [1.807, 2.05) is 0 Å². The summed E-state index contributed by atoms with van der Waals surface area (Å²) in [6.07, 6.45) is 6.88. The Labute approximate surface area is 115 Å². The predicted molar refractivity (Wildman–Crippen MR) is 81.8 cm³/mol. The van der Waals surface area contributed by atoms with Crippen molar-refractivity contribution in [3.8, 4) is 0 Å². The highest BCUT2D eigenvalue weighted by atomic mass is 14.9. The second-order valence-electron chi connectivity index (χ2n) is 7.51. The van der Waals surface area contributed by atoms with Gasteiger partial charge >= 0.3 is 0 Å². The van der Waals surface area contributed by atoms with Crippen LogP contribution in [0.4, 0.5) is 0 Å². The van der Waals surface area contributed by atoms with E-state index in [1.54, 1.807) is 0 Å². The Bertz CT molecular complexity index is 234. The Morgan fingerprint density at radius 1 is 1.17 bits per heavy atom. The average molecular weight is 253 g/mol. The molecule has 0 bridgehead atoms. The normalized spacial score (nSPS) is 31.3. The topological polar surface area (TPSA) is 12.0 Å². The maximum absolute atomic E-state index is 3.65. The first-order chi connectivity index (χ1) is 8.36. The molecule has 0 heterocycles. The molecule has 1 aliphatic carbocycles. The van der Waals surface area contributed by atoms with Gasteiger partial charge in [-0.05, 0) is 62.3 Å². The van der Waals surface area contributed by atoms with Crippen molar-refractivity contribution in [3.63, 3.8) is 0 Å². The van der Waals surface area contributed by atoms with Gasteiger partial charge in [-0.25, -0.2) is 0 Å². The summed E-state index contributed by atoms with van der Waals surface area (Å²) in [4.78, 5) is 0. The first kappa shape index (κ1) is 16.0. The third-order valence-electron chi connectivity index (χ3n) is 5.28. The molecule has 4 atom stereocenters. The number of nitrogens with one attached hydrogen (secondary N) is 1. The molecular formula is C17H35N. The SMILES string of the molecule is CCCNC(C)CC(C)(C)C1CCC(C)C(C)C1. The standard InChI is InChI=1S/C17H35N/c1-7-10-18-15(4)12-17(5,6)16-9-8-13(2)14(3)11-16/h13-16,18H,7-12H2,1-6H3. The zero-order chi connectivity index (χ0) is 13.8. The fourth-order valence-electron chi connectivity index (χ4n) is 3.68. The maximum atomic E-state index is 3.65. The zero-order valence-corrected chi connectivity index (χ0v) is 13.6. The van der Waals surface area contributed by atoms with E-state index in [0.717, 1.165) is 24.3 Å². The van der Waals surface area contributed by atoms with E-state index in [0.29, 0.717) is 11.5 Å². The summed E-state index contributed by atoms with van der Waals surface area (Å²) in [7, 11) is 0. The molecule has 1 saturated carbocycles. The number of rotatable bonds is 6. The molecule has 18 heavy (non-hydrogen) atoms. The number of hydrogen-bond acceptors (Lipinski definition) is 1. The summed E-state index contributed by atoms with van der Waals surface area (Å²) in [6, 6.07) is 0.662. The quantitative estimate of drug-likeness (QED) is 0.712. The predicted octanol–water partition coefficient (Wildman–Crippen LogP) is 4.86. The molecule has 0 amide bonds. The second-order valence-corrected chi connectivity index (χ2v) is 7.51. The molecule has 1 aliphatic rings. The van der Waals surface area contributed by atoms with Crippen molar-refractivity contribution in [1.29, 1.82) is 0 Å². The van der Waals surface area contributed by atoms with Gasteiger partial charge in [-0.15, -0.1) is 0 Å². The van der Waals surface area contributed by atoms with Crippen LogP contribution in [0.3, 0.4) is 0 Å². The minimum Gasteiger partial charge on any atom is -0.314 e. The van der Waals surface area contributed by atoms with E-state index >= 15 is 0 Å². The molecule has 108 valence electrons. The summed E-state index contributed by atoms with van der Waals surface area (Å²) in [5.41, 5.74) is 0.495. The van der Waals surface area contributed by atoms with Gasteiger partial charge in [0.15, 0.2) is 0 Å². The van der Waals surface area contributed by atoms with E-state index in [1.165, 1.54) is 32.1 Å². The van der Waals surface area contributed by atoms with Crippen LogP contribution in [-0.4, -0.2) is 12.6 Å². The molecule has 0 aliphatic heterocycles. The van der Waals surface area contributed by atoms with Crippen LogP contribution < -0.4 is 5.32 Å². The van der Waals surface area contributed by atoms with Crippen LogP contribution in [0.25, 0.3) is 0 Å². The lowest BCUT2D eigenvalue weighted by atomic mass is 9.64. The number of hydrogen-bond donors (Lipinski definition) is 1. The zero-order valence-electron chi connectivity index (χ0n) is 13.6. The van der Waals surface area contributed by atoms with Crippen molar-refractivity contribution in [3.05, 3.63) is 0 Å².